The van der Waals surface area contributed by atoms with Crippen LogP contribution in [0.15, 0.2) is 24.3 Å². The Morgan fingerprint density at radius 3 is 1.78 bits per heavy atom. The summed E-state index contributed by atoms with van der Waals surface area (Å²) in [5.74, 6) is -4.31. The molecule has 1 rings (SSSR count). The monoisotopic (exact) mass is 342 g/mol. The van der Waals surface area contributed by atoms with Crippen LogP contribution in [0.5, 0.6) is 5.75 Å². The number of carbonyl (C=O) groups excluding carboxylic acids is 3. The van der Waals surface area contributed by atoms with E-state index in [0.29, 0.717) is 0 Å². The third-order valence-corrected chi connectivity index (χ3v) is 1.90. The number of esters is 1. The number of carbonyl (C=O) groups is 4. The molecule has 0 atom stereocenters. The average Bonchev–Trinajstić information content (AvgIpc) is 2.36. The number of para-hydroxylation sites is 1. The number of carboxylic acid groups (broad SMARTS) is 3. The number of carboxylic acids is 3. The fourth-order valence-corrected chi connectivity index (χ4v) is 1.09. The van der Waals surface area contributed by atoms with Gasteiger partial charge in [0.2, 0.25) is 0 Å². The number of ether oxygens (including phenoxy) is 1. The third-order valence-electron chi connectivity index (χ3n) is 1.90. The molecule has 0 aliphatic heterocycles. The summed E-state index contributed by atoms with van der Waals surface area (Å²) in [6.45, 7) is 1.22. The molecule has 0 fully saturated rings. The van der Waals surface area contributed by atoms with E-state index in [9.17, 15) is 29.4 Å². The number of aromatic carboxylic acids is 1. The Morgan fingerprint density at radius 1 is 1.00 bits per heavy atom. The molecule has 1 aromatic carbocycles. The molecule has 0 amide bonds. The van der Waals surface area contributed by atoms with E-state index in [1.807, 2.05) is 0 Å². The predicted octanol–water partition coefficient (Wildman–Crippen LogP) is -7.42. The molecule has 0 aromatic heterocycles. The predicted molar refractivity (Wildman–Crippen MR) is 64.0 cm³/mol. The minimum atomic E-state index is -1.37. The maximum absolute atomic E-state index is 10.6. The molecule has 0 aliphatic rings. The fourth-order valence-electron chi connectivity index (χ4n) is 1.09. The molecule has 0 aliphatic carbocycles. The Kier molecular flexibility index (Phi) is 17.2. The molecular formula is C13H12Na2O8. The van der Waals surface area contributed by atoms with Crippen LogP contribution in [-0.4, -0.2) is 29.0 Å². The summed E-state index contributed by atoms with van der Waals surface area (Å²) in [6, 6.07) is 5.98. The fraction of sp³-hybridized carbons (Fsp3) is 0.231. The summed E-state index contributed by atoms with van der Waals surface area (Å²) in [6.07, 6.45) is -0.940. The van der Waals surface area contributed by atoms with Gasteiger partial charge in [-0.1, -0.05) is 12.1 Å². The van der Waals surface area contributed by atoms with E-state index >= 15 is 0 Å². The zero-order chi connectivity index (χ0) is 16.4. The van der Waals surface area contributed by atoms with E-state index < -0.39 is 36.7 Å². The summed E-state index contributed by atoms with van der Waals surface area (Å²) in [5, 5.41) is 27.7. The Hall–Kier alpha value is -0.900. The molecule has 0 bridgehead atoms. The van der Waals surface area contributed by atoms with E-state index in [1.165, 1.54) is 19.1 Å². The maximum atomic E-state index is 10.6. The summed E-state index contributed by atoms with van der Waals surface area (Å²) in [7, 11) is 0. The standard InChI is InChI=1S/C9H8O4.C4H6O4.2Na/c1-6(10)13-8-5-3-2-4-7(8)9(11)12;5-3(6)1-2-4(7)8;;/h2-5H,1H3,(H,11,12);1-2H2,(H,5,6)(H,7,8);;/q;;2*+1/p-2. The van der Waals surface area contributed by atoms with Gasteiger partial charge >= 0.3 is 71.1 Å². The summed E-state index contributed by atoms with van der Waals surface area (Å²) in [5.41, 5.74) is -0.0160. The second-order valence-electron chi connectivity index (χ2n) is 3.64. The van der Waals surface area contributed by atoms with Crippen LogP contribution in [0.1, 0.15) is 30.1 Å². The van der Waals surface area contributed by atoms with Gasteiger partial charge < -0.3 is 29.6 Å². The van der Waals surface area contributed by atoms with Gasteiger partial charge in [-0.2, -0.15) is 0 Å². The van der Waals surface area contributed by atoms with Crippen LogP contribution >= 0.6 is 0 Å². The molecule has 0 radical (unpaired) electrons. The first-order chi connectivity index (χ1) is 9.73. The van der Waals surface area contributed by atoms with Crippen molar-refractivity contribution in [2.24, 2.45) is 0 Å². The van der Waals surface area contributed by atoms with Crippen LogP contribution in [-0.2, 0) is 14.4 Å². The van der Waals surface area contributed by atoms with Crippen molar-refractivity contribution in [1.29, 1.82) is 0 Å². The molecule has 0 spiro atoms. The molecule has 0 unspecified atom stereocenters. The summed E-state index contributed by atoms with van der Waals surface area (Å²) in [4.78, 5) is 40.2. The molecule has 114 valence electrons. The van der Waals surface area contributed by atoms with Gasteiger partial charge in [0.25, 0.3) is 0 Å². The maximum Gasteiger partial charge on any atom is 1.00 e. The van der Waals surface area contributed by atoms with Crippen molar-refractivity contribution in [3.05, 3.63) is 29.8 Å². The van der Waals surface area contributed by atoms with E-state index in [2.05, 4.69) is 4.74 Å². The van der Waals surface area contributed by atoms with Crippen molar-refractivity contribution in [2.75, 3.05) is 0 Å². The third kappa shape index (κ3) is 14.4. The van der Waals surface area contributed by atoms with Gasteiger partial charge in [0.15, 0.2) is 0 Å². The number of aliphatic carboxylic acids is 2. The van der Waals surface area contributed by atoms with Gasteiger partial charge in [-0.3, -0.25) is 4.79 Å². The molecule has 23 heavy (non-hydrogen) atoms. The number of benzene rings is 1. The molecule has 1 N–H and O–H groups in total. The van der Waals surface area contributed by atoms with Crippen molar-refractivity contribution in [2.45, 2.75) is 19.8 Å². The van der Waals surface area contributed by atoms with Crippen molar-refractivity contribution < 1.29 is 98.3 Å². The van der Waals surface area contributed by atoms with Crippen molar-refractivity contribution in [3.63, 3.8) is 0 Å². The van der Waals surface area contributed by atoms with Crippen LogP contribution in [0.4, 0.5) is 0 Å². The van der Waals surface area contributed by atoms with Crippen molar-refractivity contribution in [1.82, 2.24) is 0 Å². The Labute approximate surface area is 176 Å². The quantitative estimate of drug-likeness (QED) is 0.316. The van der Waals surface area contributed by atoms with E-state index in [0.717, 1.165) is 0 Å². The van der Waals surface area contributed by atoms with Gasteiger partial charge in [0, 0.05) is 18.9 Å². The van der Waals surface area contributed by atoms with Gasteiger partial charge in [-0.05, 0) is 25.0 Å². The Balaban J connectivity index is -0.000000353. The molecular weight excluding hydrogens is 330 g/mol. The molecule has 0 heterocycles. The van der Waals surface area contributed by atoms with E-state index in [-0.39, 0.29) is 70.4 Å². The Bertz CT molecular complexity index is 531. The minimum absolute atomic E-state index is 0. The van der Waals surface area contributed by atoms with E-state index in [1.54, 1.807) is 12.1 Å². The largest absolute Gasteiger partial charge is 1.00 e. The number of hydrogen-bond donors (Lipinski definition) is 1. The smallest absolute Gasteiger partial charge is 0.550 e. The van der Waals surface area contributed by atoms with Crippen LogP contribution in [0.25, 0.3) is 0 Å². The van der Waals surface area contributed by atoms with Gasteiger partial charge in [0.05, 0.1) is 0 Å². The first-order valence-corrected chi connectivity index (χ1v) is 5.64. The normalized spacial score (nSPS) is 8.22. The van der Waals surface area contributed by atoms with Crippen LogP contribution < -0.4 is 74.1 Å². The number of rotatable bonds is 5. The minimum Gasteiger partial charge on any atom is -0.550 e. The topological polar surface area (TPSA) is 144 Å². The SMILES string of the molecule is CC(=O)Oc1ccccc1C(=O)O.O=C([O-])CCC(=O)[O-].[Na+].[Na+]. The van der Waals surface area contributed by atoms with Crippen LogP contribution in [0.3, 0.4) is 0 Å². The number of hydrogen-bond acceptors (Lipinski definition) is 7. The molecule has 0 saturated heterocycles. The molecule has 0 saturated carbocycles. The average molecular weight is 342 g/mol. The molecule has 8 nitrogen and oxygen atoms in total. The first kappa shape index (κ1) is 27.0. The molecule has 10 heteroatoms. The van der Waals surface area contributed by atoms with Crippen LogP contribution in [0.2, 0.25) is 0 Å². The van der Waals surface area contributed by atoms with Crippen molar-refractivity contribution in [3.8, 4) is 5.75 Å². The van der Waals surface area contributed by atoms with E-state index in [4.69, 9.17) is 5.11 Å². The van der Waals surface area contributed by atoms with Crippen molar-refractivity contribution >= 4 is 23.9 Å². The van der Waals surface area contributed by atoms with Gasteiger partial charge in [-0.25, -0.2) is 4.79 Å². The van der Waals surface area contributed by atoms with Gasteiger partial charge in [-0.15, -0.1) is 0 Å². The second kappa shape index (κ2) is 14.7. The summed E-state index contributed by atoms with van der Waals surface area (Å²) >= 11 is 0. The Morgan fingerprint density at radius 2 is 1.43 bits per heavy atom. The zero-order valence-corrected chi connectivity index (χ0v) is 17.0. The summed E-state index contributed by atoms with van der Waals surface area (Å²) < 4.78 is 4.69. The first-order valence-electron chi connectivity index (χ1n) is 5.64. The second-order valence-corrected chi connectivity index (χ2v) is 3.64. The van der Waals surface area contributed by atoms with Crippen LogP contribution in [0, 0.1) is 0 Å². The zero-order valence-electron chi connectivity index (χ0n) is 13.0. The molecule has 1 aromatic rings. The van der Waals surface area contributed by atoms with Gasteiger partial charge in [0.1, 0.15) is 11.3 Å².